The Morgan fingerprint density at radius 3 is 2.87 bits per heavy atom. The molecule has 15 heavy (non-hydrogen) atoms. The summed E-state index contributed by atoms with van der Waals surface area (Å²) in [6.45, 7) is 2.45. The van der Waals surface area contributed by atoms with Gasteiger partial charge in [-0.05, 0) is 28.9 Å². The van der Waals surface area contributed by atoms with E-state index in [1.807, 2.05) is 6.92 Å². The fourth-order valence-electron chi connectivity index (χ4n) is 0.905. The van der Waals surface area contributed by atoms with Gasteiger partial charge < -0.3 is 9.47 Å². The zero-order chi connectivity index (χ0) is 11.3. The quantitative estimate of drug-likeness (QED) is 0.359. The summed E-state index contributed by atoms with van der Waals surface area (Å²) >= 11 is 3.23. The molecule has 0 bridgehead atoms. The normalized spacial score (nSPS) is 10.0. The van der Waals surface area contributed by atoms with Crippen molar-refractivity contribution in [3.8, 4) is 5.75 Å². The van der Waals surface area contributed by atoms with Gasteiger partial charge in [0.25, 0.3) is 5.69 Å². The number of nitrogens with zero attached hydrogens (tertiary/aromatic N) is 1. The van der Waals surface area contributed by atoms with Crippen LogP contribution in [-0.2, 0) is 4.74 Å². The van der Waals surface area contributed by atoms with Crippen LogP contribution in [0.4, 0.5) is 5.69 Å². The van der Waals surface area contributed by atoms with E-state index in [9.17, 15) is 10.1 Å². The summed E-state index contributed by atoms with van der Waals surface area (Å²) in [7, 11) is 0. The molecule has 0 aromatic heterocycles. The zero-order valence-electron chi connectivity index (χ0n) is 8.10. The van der Waals surface area contributed by atoms with Gasteiger partial charge in [-0.15, -0.1) is 0 Å². The lowest BCUT2D eigenvalue weighted by atomic mass is 10.3. The zero-order valence-corrected chi connectivity index (χ0v) is 9.69. The number of hydrogen-bond acceptors (Lipinski definition) is 4. The van der Waals surface area contributed by atoms with Gasteiger partial charge in [0, 0.05) is 12.7 Å². The van der Waals surface area contributed by atoms with Gasteiger partial charge in [-0.25, -0.2) is 0 Å². The number of ether oxygens (including phenoxy) is 2. The lowest BCUT2D eigenvalue weighted by molar-refractivity contribution is -0.385. The minimum absolute atomic E-state index is 0.00954. The summed E-state index contributed by atoms with van der Waals surface area (Å²) in [5, 5.41) is 10.5. The molecule has 0 atom stereocenters. The van der Waals surface area contributed by atoms with Crippen molar-refractivity contribution in [2.24, 2.45) is 0 Å². The van der Waals surface area contributed by atoms with Gasteiger partial charge in [-0.2, -0.15) is 0 Å². The standard InChI is InChI=1S/C9H10BrNO4/c1-2-14-6-15-9-5-7(11(12)13)3-4-8(9)10/h3-5H,2,6H2,1H3. The fraction of sp³-hybridized carbons (Fsp3) is 0.333. The van der Waals surface area contributed by atoms with E-state index < -0.39 is 4.92 Å². The molecule has 0 amide bonds. The molecule has 0 saturated carbocycles. The highest BCUT2D eigenvalue weighted by Gasteiger charge is 2.10. The smallest absolute Gasteiger partial charge is 0.273 e. The van der Waals surface area contributed by atoms with Crippen molar-refractivity contribution in [2.75, 3.05) is 13.4 Å². The van der Waals surface area contributed by atoms with Gasteiger partial charge >= 0.3 is 0 Å². The van der Waals surface area contributed by atoms with Crippen LogP contribution in [-0.4, -0.2) is 18.3 Å². The average Bonchev–Trinajstić information content (AvgIpc) is 2.20. The Hall–Kier alpha value is -1.14. The average molecular weight is 276 g/mol. The summed E-state index contributed by atoms with van der Waals surface area (Å²) < 4.78 is 10.8. The van der Waals surface area contributed by atoms with E-state index in [1.54, 1.807) is 6.07 Å². The minimum Gasteiger partial charge on any atom is -0.466 e. The topological polar surface area (TPSA) is 61.6 Å². The van der Waals surface area contributed by atoms with Gasteiger partial charge in [0.05, 0.1) is 15.5 Å². The second-order valence-corrected chi connectivity index (χ2v) is 3.48. The van der Waals surface area contributed by atoms with E-state index in [0.717, 1.165) is 0 Å². The third-order valence-corrected chi connectivity index (χ3v) is 2.28. The van der Waals surface area contributed by atoms with Crippen molar-refractivity contribution in [1.29, 1.82) is 0 Å². The molecule has 0 spiro atoms. The first kappa shape index (κ1) is 11.9. The van der Waals surface area contributed by atoms with E-state index >= 15 is 0 Å². The van der Waals surface area contributed by atoms with Crippen molar-refractivity contribution >= 4 is 21.6 Å². The molecule has 0 fully saturated rings. The SMILES string of the molecule is CCOCOc1cc([N+](=O)[O-])ccc1Br. The van der Waals surface area contributed by atoms with Crippen molar-refractivity contribution < 1.29 is 14.4 Å². The molecule has 1 rings (SSSR count). The Balaban J connectivity index is 2.76. The number of hydrogen-bond donors (Lipinski definition) is 0. The van der Waals surface area contributed by atoms with E-state index in [-0.39, 0.29) is 12.5 Å². The van der Waals surface area contributed by atoms with Gasteiger partial charge in [0.15, 0.2) is 6.79 Å². The van der Waals surface area contributed by atoms with Crippen LogP contribution in [0.2, 0.25) is 0 Å². The molecular weight excluding hydrogens is 266 g/mol. The summed E-state index contributed by atoms with van der Waals surface area (Å²) in [4.78, 5) is 10.0. The first-order valence-electron chi connectivity index (χ1n) is 4.29. The molecule has 0 unspecified atom stereocenters. The summed E-state index contributed by atoms with van der Waals surface area (Å²) in [6, 6.07) is 4.32. The summed E-state index contributed by atoms with van der Waals surface area (Å²) in [6.07, 6.45) is 0. The predicted molar refractivity (Wildman–Crippen MR) is 57.9 cm³/mol. The Labute approximate surface area is 95.3 Å². The van der Waals surface area contributed by atoms with Crippen LogP contribution in [0.25, 0.3) is 0 Å². The number of rotatable bonds is 5. The second-order valence-electron chi connectivity index (χ2n) is 2.63. The van der Waals surface area contributed by atoms with E-state index in [1.165, 1.54) is 12.1 Å². The van der Waals surface area contributed by atoms with Crippen LogP contribution >= 0.6 is 15.9 Å². The van der Waals surface area contributed by atoms with Gasteiger partial charge in [-0.1, -0.05) is 0 Å². The molecular formula is C9H10BrNO4. The molecule has 0 N–H and O–H groups in total. The van der Waals surface area contributed by atoms with Crippen LogP contribution in [0, 0.1) is 10.1 Å². The van der Waals surface area contributed by atoms with Crippen molar-refractivity contribution in [2.45, 2.75) is 6.92 Å². The molecule has 5 nitrogen and oxygen atoms in total. The Morgan fingerprint density at radius 2 is 2.27 bits per heavy atom. The first-order chi connectivity index (χ1) is 7.15. The number of non-ortho nitro benzene ring substituents is 1. The van der Waals surface area contributed by atoms with Crippen LogP contribution in [0.15, 0.2) is 22.7 Å². The molecule has 82 valence electrons. The molecule has 1 aromatic rings. The minimum atomic E-state index is -0.472. The van der Waals surface area contributed by atoms with Crippen LogP contribution < -0.4 is 4.74 Å². The highest BCUT2D eigenvalue weighted by Crippen LogP contribution is 2.29. The predicted octanol–water partition coefficient (Wildman–Crippen LogP) is 2.73. The maximum absolute atomic E-state index is 10.5. The molecule has 0 aliphatic rings. The number of benzene rings is 1. The van der Waals surface area contributed by atoms with E-state index in [4.69, 9.17) is 9.47 Å². The van der Waals surface area contributed by atoms with Gasteiger partial charge in [-0.3, -0.25) is 10.1 Å². The summed E-state index contributed by atoms with van der Waals surface area (Å²) in [5.41, 5.74) is -0.00954. The molecule has 0 aliphatic heterocycles. The lowest BCUT2D eigenvalue weighted by Gasteiger charge is -2.07. The molecule has 0 saturated heterocycles. The number of nitro groups is 1. The molecule has 0 aliphatic carbocycles. The molecule has 0 radical (unpaired) electrons. The first-order valence-corrected chi connectivity index (χ1v) is 5.09. The fourth-order valence-corrected chi connectivity index (χ4v) is 1.27. The Bertz CT molecular complexity index is 356. The largest absolute Gasteiger partial charge is 0.466 e. The lowest BCUT2D eigenvalue weighted by Crippen LogP contribution is -2.02. The summed E-state index contributed by atoms with van der Waals surface area (Å²) in [5.74, 6) is 0.401. The Morgan fingerprint density at radius 1 is 1.53 bits per heavy atom. The second kappa shape index (κ2) is 5.67. The third-order valence-electron chi connectivity index (χ3n) is 1.63. The van der Waals surface area contributed by atoms with Gasteiger partial charge in [0.2, 0.25) is 0 Å². The monoisotopic (exact) mass is 275 g/mol. The van der Waals surface area contributed by atoms with E-state index in [0.29, 0.717) is 16.8 Å². The van der Waals surface area contributed by atoms with Crippen LogP contribution in [0.3, 0.4) is 0 Å². The van der Waals surface area contributed by atoms with Gasteiger partial charge in [0.1, 0.15) is 5.75 Å². The highest BCUT2D eigenvalue weighted by molar-refractivity contribution is 9.10. The van der Waals surface area contributed by atoms with E-state index in [2.05, 4.69) is 15.9 Å². The van der Waals surface area contributed by atoms with Crippen molar-refractivity contribution in [1.82, 2.24) is 0 Å². The maximum atomic E-state index is 10.5. The van der Waals surface area contributed by atoms with Crippen molar-refractivity contribution in [3.05, 3.63) is 32.8 Å². The molecule has 0 heterocycles. The maximum Gasteiger partial charge on any atom is 0.273 e. The number of nitro benzene ring substituents is 1. The van der Waals surface area contributed by atoms with Crippen molar-refractivity contribution in [3.63, 3.8) is 0 Å². The third kappa shape index (κ3) is 3.49. The molecule has 6 heteroatoms. The highest BCUT2D eigenvalue weighted by atomic mass is 79.9. The van der Waals surface area contributed by atoms with Crippen LogP contribution in [0.1, 0.15) is 6.92 Å². The molecule has 1 aromatic carbocycles. The Kier molecular flexibility index (Phi) is 4.51. The number of halogens is 1. The van der Waals surface area contributed by atoms with Crippen LogP contribution in [0.5, 0.6) is 5.75 Å².